The fourth-order valence-electron chi connectivity index (χ4n) is 8.24. The molecule has 9 nitrogen and oxygen atoms in total. The van der Waals surface area contributed by atoms with Crippen LogP contribution in [0.4, 0.5) is 11.4 Å². The molecule has 2 heterocycles. The fraction of sp³-hybridized carbons (Fsp3) is 0.512. The second kappa shape index (κ2) is 17.1. The Balaban J connectivity index is 1.49. The first-order valence-electron chi connectivity index (χ1n) is 19.5. The standard InChI is InChI=1S/C43H59N3O6S2/c1-32(2)16-15-27-44-41-33(23-25-39-42(3,4)35-17-7-9-19-37(35)45(39)28-11-13-30-53(47,48)49)21-22-34(41)24-26-40-43(5,6)36-18-8-10-20-38(36)46(40)29-12-14-31-54(50,51)52/h7-10,17-20,23-26,32H,11-16,21-22,27-31H2,1-6H3,(H2,47,48,49,50,51,52)/b33-23+,39-25-. The molecule has 0 saturated carbocycles. The zero-order valence-electron chi connectivity index (χ0n) is 32.9. The largest absolute Gasteiger partial charge is 0.748 e. The maximum Gasteiger partial charge on any atom is 0.264 e. The van der Waals surface area contributed by atoms with E-state index in [1.807, 2.05) is 12.1 Å². The predicted molar refractivity (Wildman–Crippen MR) is 219 cm³/mol. The Morgan fingerprint density at radius 2 is 1.54 bits per heavy atom. The van der Waals surface area contributed by atoms with Crippen molar-refractivity contribution in [2.75, 3.05) is 36.0 Å². The number of unbranched alkanes of at least 4 members (excludes halogenated alkanes) is 2. The summed E-state index contributed by atoms with van der Waals surface area (Å²) in [6.07, 6.45) is 14.9. The van der Waals surface area contributed by atoms with Crippen molar-refractivity contribution in [3.63, 3.8) is 0 Å². The highest BCUT2D eigenvalue weighted by molar-refractivity contribution is 7.85. The van der Waals surface area contributed by atoms with E-state index in [0.29, 0.717) is 44.7 Å². The Hall–Kier alpha value is -3.51. The highest BCUT2D eigenvalue weighted by Gasteiger charge is 2.44. The number of nitrogens with one attached hydrogen (secondary N) is 1. The monoisotopic (exact) mass is 777 g/mol. The molecule has 2 aromatic carbocycles. The van der Waals surface area contributed by atoms with E-state index >= 15 is 0 Å². The molecule has 5 rings (SSSR count). The molecule has 1 aliphatic carbocycles. The summed E-state index contributed by atoms with van der Waals surface area (Å²) in [7, 11) is -8.25. The topological polar surface area (TPSA) is 130 Å². The van der Waals surface area contributed by atoms with E-state index in [9.17, 15) is 25.9 Å². The van der Waals surface area contributed by atoms with Crippen LogP contribution in [0.2, 0.25) is 0 Å². The average Bonchev–Trinajstić information content (AvgIpc) is 3.65. The Bertz CT molecular complexity index is 2070. The van der Waals surface area contributed by atoms with Gasteiger partial charge >= 0.3 is 0 Å². The van der Waals surface area contributed by atoms with Crippen LogP contribution in [-0.2, 0) is 31.1 Å². The molecule has 0 unspecified atom stereocenters. The molecule has 0 saturated heterocycles. The summed E-state index contributed by atoms with van der Waals surface area (Å²) in [6.45, 7) is 15.6. The number of fused-ring (bicyclic) bond motifs is 2. The van der Waals surface area contributed by atoms with Crippen molar-refractivity contribution in [2.45, 2.75) is 104 Å². The fourth-order valence-corrected chi connectivity index (χ4v) is 9.36. The smallest absolute Gasteiger partial charge is 0.264 e. The van der Waals surface area contributed by atoms with Crippen molar-refractivity contribution in [3.05, 3.63) is 107 Å². The first kappa shape index (κ1) is 41.6. The van der Waals surface area contributed by atoms with Crippen molar-refractivity contribution in [2.24, 2.45) is 5.92 Å². The lowest BCUT2D eigenvalue weighted by atomic mass is 9.81. The molecule has 0 bridgehead atoms. The molecule has 0 atom stereocenters. The van der Waals surface area contributed by atoms with E-state index in [4.69, 9.17) is 0 Å². The normalized spacial score (nSPS) is 19.6. The van der Waals surface area contributed by atoms with Gasteiger partial charge in [-0.25, -0.2) is 8.42 Å². The summed E-state index contributed by atoms with van der Waals surface area (Å²) < 4.78 is 68.3. The molecule has 11 heteroatoms. The van der Waals surface area contributed by atoms with Crippen LogP contribution in [-0.4, -0.2) is 67.4 Å². The first-order chi connectivity index (χ1) is 25.4. The van der Waals surface area contributed by atoms with Crippen LogP contribution >= 0.6 is 0 Å². The molecule has 0 aromatic heterocycles. The zero-order chi connectivity index (χ0) is 39.3. The van der Waals surface area contributed by atoms with Gasteiger partial charge in [0.25, 0.3) is 10.1 Å². The van der Waals surface area contributed by atoms with Crippen LogP contribution in [0.25, 0.3) is 0 Å². The van der Waals surface area contributed by atoms with E-state index in [1.54, 1.807) is 0 Å². The molecule has 2 N–H and O–H groups in total. The van der Waals surface area contributed by atoms with Gasteiger partial charge in [-0.1, -0.05) is 76.2 Å². The molecular weight excluding hydrogens is 719 g/mol. The van der Waals surface area contributed by atoms with Crippen LogP contribution in [0, 0.1) is 5.92 Å². The van der Waals surface area contributed by atoms with E-state index in [1.165, 1.54) is 28.0 Å². The number of benzene rings is 2. The lowest BCUT2D eigenvalue weighted by Crippen LogP contribution is -2.28. The van der Waals surface area contributed by atoms with Crippen molar-refractivity contribution in [1.29, 1.82) is 0 Å². The lowest BCUT2D eigenvalue weighted by Gasteiger charge is -2.27. The molecule has 0 radical (unpaired) electrons. The SMILES string of the molecule is CC(C)CCCNC1=C(/C=C/C2=[N+](CCCCS(=O)(=O)O)c3ccccc3C2(C)C)CC/C1=C\C=C1/N(CCCCS(=O)(=O)[O-])c2ccccc2C1(C)C. The van der Waals surface area contributed by atoms with E-state index in [-0.39, 0.29) is 22.3 Å². The lowest BCUT2D eigenvalue weighted by molar-refractivity contribution is -0.438. The van der Waals surface area contributed by atoms with Gasteiger partial charge in [-0.05, 0) is 93.6 Å². The van der Waals surface area contributed by atoms with Gasteiger partial charge in [-0.2, -0.15) is 13.0 Å². The third-order valence-electron chi connectivity index (χ3n) is 11.1. The van der Waals surface area contributed by atoms with Gasteiger partial charge in [-0.3, -0.25) is 4.55 Å². The first-order valence-corrected chi connectivity index (χ1v) is 22.7. The Kier molecular flexibility index (Phi) is 13.2. The molecule has 2 aromatic rings. The molecule has 54 heavy (non-hydrogen) atoms. The van der Waals surface area contributed by atoms with Crippen molar-refractivity contribution < 1.29 is 30.5 Å². The van der Waals surface area contributed by atoms with E-state index < -0.39 is 20.2 Å². The molecule has 2 aliphatic heterocycles. The summed E-state index contributed by atoms with van der Waals surface area (Å²) in [4.78, 5) is 2.29. The highest BCUT2D eigenvalue weighted by Crippen LogP contribution is 2.48. The number of hydrogen-bond donors (Lipinski definition) is 2. The number of rotatable bonds is 18. The summed E-state index contributed by atoms with van der Waals surface area (Å²) in [5, 5.41) is 3.83. The minimum Gasteiger partial charge on any atom is -0.748 e. The van der Waals surface area contributed by atoms with Crippen LogP contribution < -0.4 is 10.2 Å². The summed E-state index contributed by atoms with van der Waals surface area (Å²) in [5.74, 6) is 0.0322. The van der Waals surface area contributed by atoms with Gasteiger partial charge in [0, 0.05) is 65.5 Å². The van der Waals surface area contributed by atoms with Crippen molar-refractivity contribution in [3.8, 4) is 0 Å². The number of anilines is 1. The van der Waals surface area contributed by atoms with Crippen LogP contribution in [0.3, 0.4) is 0 Å². The van der Waals surface area contributed by atoms with Crippen LogP contribution in [0.15, 0.2) is 95.4 Å². The molecule has 0 spiro atoms. The Morgan fingerprint density at radius 1 is 0.852 bits per heavy atom. The summed E-state index contributed by atoms with van der Waals surface area (Å²) in [5.41, 5.74) is 10.2. The average molecular weight is 778 g/mol. The number of hydrogen-bond acceptors (Lipinski definition) is 7. The molecule has 3 aliphatic rings. The van der Waals surface area contributed by atoms with Crippen LogP contribution in [0.1, 0.15) is 104 Å². The van der Waals surface area contributed by atoms with Gasteiger partial charge < -0.3 is 14.8 Å². The third kappa shape index (κ3) is 10.0. The molecule has 0 amide bonds. The van der Waals surface area contributed by atoms with Crippen molar-refractivity contribution >= 4 is 37.3 Å². The molecular formula is C43H59N3O6S2. The second-order valence-corrected chi connectivity index (χ2v) is 19.5. The van der Waals surface area contributed by atoms with Crippen LogP contribution in [0.5, 0.6) is 0 Å². The Labute approximate surface area is 324 Å². The minimum absolute atomic E-state index is 0.242. The number of nitrogens with zero attached hydrogens (tertiary/aromatic N) is 2. The minimum atomic E-state index is -4.25. The Morgan fingerprint density at radius 3 is 2.24 bits per heavy atom. The highest BCUT2D eigenvalue weighted by atomic mass is 32.2. The van der Waals surface area contributed by atoms with Crippen molar-refractivity contribution in [1.82, 2.24) is 5.32 Å². The maximum atomic E-state index is 11.4. The maximum absolute atomic E-state index is 11.4. The molecule has 0 fully saturated rings. The zero-order valence-corrected chi connectivity index (χ0v) is 34.5. The number of para-hydroxylation sites is 2. The van der Waals surface area contributed by atoms with E-state index in [0.717, 1.165) is 55.0 Å². The van der Waals surface area contributed by atoms with E-state index in [2.05, 4.69) is 117 Å². The predicted octanol–water partition coefficient (Wildman–Crippen LogP) is 8.29. The molecule has 294 valence electrons. The summed E-state index contributed by atoms with van der Waals surface area (Å²) >= 11 is 0. The summed E-state index contributed by atoms with van der Waals surface area (Å²) in [6, 6.07) is 16.8. The van der Waals surface area contributed by atoms with Gasteiger partial charge in [-0.15, -0.1) is 0 Å². The van der Waals surface area contributed by atoms with Gasteiger partial charge in [0.05, 0.1) is 21.3 Å². The second-order valence-electron chi connectivity index (χ2n) is 16.4. The third-order valence-corrected chi connectivity index (χ3v) is 12.7. The van der Waals surface area contributed by atoms with Gasteiger partial charge in [0.2, 0.25) is 5.69 Å². The quantitative estimate of drug-likeness (QED) is 0.0879. The number of allylic oxidation sites excluding steroid dienone is 7. The van der Waals surface area contributed by atoms with Gasteiger partial charge in [0.1, 0.15) is 6.54 Å². The van der Waals surface area contributed by atoms with Gasteiger partial charge in [0.15, 0.2) is 5.71 Å².